The summed E-state index contributed by atoms with van der Waals surface area (Å²) in [5.41, 5.74) is 2.00. The quantitative estimate of drug-likeness (QED) is 0.482. The summed E-state index contributed by atoms with van der Waals surface area (Å²) in [6.07, 6.45) is 4.09. The Bertz CT molecular complexity index is 1010. The highest BCUT2D eigenvalue weighted by Crippen LogP contribution is 2.27. The van der Waals surface area contributed by atoms with E-state index in [0.29, 0.717) is 29.0 Å². The number of aryl methyl sites for hydroxylation is 1. The number of piperazine rings is 1. The fourth-order valence-electron chi connectivity index (χ4n) is 3.66. The maximum absolute atomic E-state index is 12.6. The molecule has 1 fully saturated rings. The summed E-state index contributed by atoms with van der Waals surface area (Å²) in [6, 6.07) is 3.66. The Morgan fingerprint density at radius 1 is 1.21 bits per heavy atom. The summed E-state index contributed by atoms with van der Waals surface area (Å²) in [7, 11) is 1.62. The number of allylic oxidation sites excluding steroid dienone is 1. The van der Waals surface area contributed by atoms with E-state index >= 15 is 0 Å². The van der Waals surface area contributed by atoms with Gasteiger partial charge in [0, 0.05) is 73.3 Å². The summed E-state index contributed by atoms with van der Waals surface area (Å²) in [5, 5.41) is 0.532. The Kier molecular flexibility index (Phi) is 5.68. The monoisotopic (exact) mass is 494 g/mol. The second-order valence-electron chi connectivity index (χ2n) is 6.94. The van der Waals surface area contributed by atoms with Crippen LogP contribution in [0.15, 0.2) is 32.5 Å². The van der Waals surface area contributed by atoms with E-state index in [0.717, 1.165) is 56.0 Å². The largest absolute Gasteiger partial charge is 0.497 e. The molecule has 1 aromatic carbocycles. The minimum atomic E-state index is -0.353. The Hall–Kier alpha value is -1.94. The Morgan fingerprint density at radius 3 is 2.64 bits per heavy atom. The lowest BCUT2D eigenvalue weighted by Crippen LogP contribution is -2.45. The maximum atomic E-state index is 12.6. The lowest BCUT2D eigenvalue weighted by atomic mass is 10.1. The number of aromatic nitrogens is 1. The first-order valence-electron chi connectivity index (χ1n) is 9.52. The van der Waals surface area contributed by atoms with Crippen LogP contribution in [0.4, 0.5) is 0 Å². The summed E-state index contributed by atoms with van der Waals surface area (Å²) in [5.74, 6) is 2.15. The van der Waals surface area contributed by atoms with E-state index in [1.165, 1.54) is 0 Å². The number of aliphatic imine (C=N–C) groups is 1. The standard InChI is InChI=1S/C20H23IN4O3/c1-3-13-10-15(27-2)11-16-18(13)20(26)28-19(23-16)14-4-5-17(22-12-14)24-6-8-25(21)9-7-24/h10-12H,3-9H2,1-2H3. The molecule has 8 heteroatoms. The number of methoxy groups -OCH3 is 1. The fourth-order valence-corrected chi connectivity index (χ4v) is 4.09. The Labute approximate surface area is 177 Å². The molecule has 0 atom stereocenters. The number of fused-ring (bicyclic) bond motifs is 1. The third-order valence-electron chi connectivity index (χ3n) is 5.26. The van der Waals surface area contributed by atoms with Crippen LogP contribution in [0.25, 0.3) is 16.5 Å². The SMILES string of the molecule is CCc1cc(OC)cc2nc(C3=CN=C(N4CCN(I)CC4)CC3)oc(=O)c12. The van der Waals surface area contributed by atoms with Gasteiger partial charge in [0.2, 0.25) is 5.89 Å². The highest BCUT2D eigenvalue weighted by molar-refractivity contribution is 14.1. The van der Waals surface area contributed by atoms with Crippen LogP contribution in [-0.4, -0.2) is 52.1 Å². The number of hydrogen-bond acceptors (Lipinski definition) is 7. The molecule has 148 valence electrons. The van der Waals surface area contributed by atoms with Crippen molar-refractivity contribution in [2.75, 3.05) is 33.3 Å². The van der Waals surface area contributed by atoms with Gasteiger partial charge in [-0.15, -0.1) is 0 Å². The van der Waals surface area contributed by atoms with Crippen molar-refractivity contribution in [3.8, 4) is 5.75 Å². The molecule has 7 nitrogen and oxygen atoms in total. The molecule has 1 aromatic heterocycles. The van der Waals surface area contributed by atoms with Crippen LogP contribution in [0.1, 0.15) is 31.2 Å². The average Bonchev–Trinajstić information content (AvgIpc) is 2.73. The molecule has 0 spiro atoms. The summed E-state index contributed by atoms with van der Waals surface area (Å²) in [6.45, 7) is 6.07. The van der Waals surface area contributed by atoms with Gasteiger partial charge in [0.05, 0.1) is 18.0 Å². The zero-order chi connectivity index (χ0) is 19.7. The number of ether oxygens (including phenoxy) is 1. The maximum Gasteiger partial charge on any atom is 0.347 e. The number of amidine groups is 1. The van der Waals surface area contributed by atoms with E-state index in [9.17, 15) is 4.79 Å². The van der Waals surface area contributed by atoms with Crippen molar-refractivity contribution in [2.45, 2.75) is 26.2 Å². The van der Waals surface area contributed by atoms with E-state index < -0.39 is 0 Å². The summed E-state index contributed by atoms with van der Waals surface area (Å²) < 4.78 is 13.2. The molecule has 0 saturated carbocycles. The molecule has 1 saturated heterocycles. The van der Waals surface area contributed by atoms with Crippen LogP contribution in [0.2, 0.25) is 0 Å². The molecular weight excluding hydrogens is 471 g/mol. The number of rotatable bonds is 3. The van der Waals surface area contributed by atoms with Crippen LogP contribution >= 0.6 is 22.9 Å². The van der Waals surface area contributed by atoms with Gasteiger partial charge in [0.15, 0.2) is 0 Å². The van der Waals surface area contributed by atoms with E-state index in [1.54, 1.807) is 19.4 Å². The van der Waals surface area contributed by atoms with E-state index in [-0.39, 0.29) is 5.63 Å². The molecule has 28 heavy (non-hydrogen) atoms. The summed E-state index contributed by atoms with van der Waals surface area (Å²) >= 11 is 2.36. The van der Waals surface area contributed by atoms with Crippen LogP contribution in [-0.2, 0) is 6.42 Å². The normalized spacial score (nSPS) is 18.2. The van der Waals surface area contributed by atoms with Crippen molar-refractivity contribution in [1.82, 2.24) is 13.0 Å². The van der Waals surface area contributed by atoms with Crippen molar-refractivity contribution in [1.29, 1.82) is 0 Å². The lowest BCUT2D eigenvalue weighted by Gasteiger charge is -2.34. The molecule has 2 aliphatic heterocycles. The van der Waals surface area contributed by atoms with Crippen LogP contribution < -0.4 is 10.4 Å². The molecule has 0 amide bonds. The number of nitrogens with zero attached hydrogens (tertiary/aromatic N) is 4. The highest BCUT2D eigenvalue weighted by atomic mass is 127. The van der Waals surface area contributed by atoms with Gasteiger partial charge in [-0.1, -0.05) is 6.92 Å². The average molecular weight is 494 g/mol. The molecule has 3 heterocycles. The predicted octanol–water partition coefficient (Wildman–Crippen LogP) is 3.26. The van der Waals surface area contributed by atoms with Gasteiger partial charge in [-0.2, -0.15) is 0 Å². The number of halogens is 1. The lowest BCUT2D eigenvalue weighted by molar-refractivity contribution is 0.293. The first-order chi connectivity index (χ1) is 13.6. The Balaban J connectivity index is 1.67. The first kappa shape index (κ1) is 19.4. The van der Waals surface area contributed by atoms with Crippen molar-refractivity contribution >= 4 is 45.2 Å². The summed E-state index contributed by atoms with van der Waals surface area (Å²) in [4.78, 5) is 24.2. The van der Waals surface area contributed by atoms with Crippen LogP contribution in [0.5, 0.6) is 5.75 Å². The van der Waals surface area contributed by atoms with E-state index in [4.69, 9.17) is 9.15 Å². The third kappa shape index (κ3) is 3.80. The minimum Gasteiger partial charge on any atom is -0.497 e. The van der Waals surface area contributed by atoms with Gasteiger partial charge in [-0.25, -0.2) is 17.9 Å². The van der Waals surface area contributed by atoms with E-state index in [1.807, 2.05) is 13.0 Å². The van der Waals surface area contributed by atoms with Gasteiger partial charge < -0.3 is 14.1 Å². The molecule has 0 unspecified atom stereocenters. The van der Waals surface area contributed by atoms with Gasteiger partial charge in [0.1, 0.15) is 11.6 Å². The highest BCUT2D eigenvalue weighted by Gasteiger charge is 2.22. The van der Waals surface area contributed by atoms with Gasteiger partial charge in [-0.3, -0.25) is 0 Å². The van der Waals surface area contributed by atoms with Gasteiger partial charge >= 0.3 is 5.63 Å². The number of benzene rings is 1. The minimum absolute atomic E-state index is 0.353. The molecule has 4 rings (SSSR count). The molecular formula is C20H23IN4O3. The first-order valence-corrected chi connectivity index (χ1v) is 10.5. The topological polar surface area (TPSA) is 71.2 Å². The van der Waals surface area contributed by atoms with Crippen LogP contribution in [0.3, 0.4) is 0 Å². The van der Waals surface area contributed by atoms with Gasteiger partial charge in [-0.05, 0) is 24.5 Å². The van der Waals surface area contributed by atoms with Crippen LogP contribution in [0, 0.1) is 0 Å². The molecule has 2 aromatic rings. The second kappa shape index (κ2) is 8.20. The predicted molar refractivity (Wildman–Crippen MR) is 118 cm³/mol. The fraction of sp³-hybridized carbons (Fsp3) is 0.450. The molecule has 0 aliphatic carbocycles. The second-order valence-corrected chi connectivity index (χ2v) is 8.30. The third-order valence-corrected chi connectivity index (χ3v) is 6.22. The van der Waals surface area contributed by atoms with Crippen molar-refractivity contribution < 1.29 is 9.15 Å². The zero-order valence-corrected chi connectivity index (χ0v) is 18.2. The Morgan fingerprint density at radius 2 is 2.00 bits per heavy atom. The van der Waals surface area contributed by atoms with Gasteiger partial charge in [0.25, 0.3) is 0 Å². The van der Waals surface area contributed by atoms with Crippen molar-refractivity contribution in [2.24, 2.45) is 4.99 Å². The van der Waals surface area contributed by atoms with E-state index in [2.05, 4.69) is 40.9 Å². The molecule has 0 bridgehead atoms. The zero-order valence-electron chi connectivity index (χ0n) is 16.1. The smallest absolute Gasteiger partial charge is 0.347 e. The molecule has 0 N–H and O–H groups in total. The number of hydrogen-bond donors (Lipinski definition) is 0. The van der Waals surface area contributed by atoms with Crippen molar-refractivity contribution in [3.63, 3.8) is 0 Å². The van der Waals surface area contributed by atoms with Crippen molar-refractivity contribution in [3.05, 3.63) is 40.2 Å². The molecule has 2 aliphatic rings. The molecule has 0 radical (unpaired) electrons.